The number of thiazole rings is 1. The fraction of sp³-hybridized carbons (Fsp3) is 0.367. The molecule has 1 saturated heterocycles. The van der Waals surface area contributed by atoms with Crippen LogP contribution in [0.2, 0.25) is 0 Å². The lowest BCUT2D eigenvalue weighted by Crippen LogP contribution is -2.40. The van der Waals surface area contributed by atoms with E-state index in [-0.39, 0.29) is 22.9 Å². The third-order valence-corrected chi connectivity index (χ3v) is 7.79. The summed E-state index contributed by atoms with van der Waals surface area (Å²) in [6.45, 7) is 5.79. The van der Waals surface area contributed by atoms with Crippen molar-refractivity contribution in [3.05, 3.63) is 76.6 Å². The van der Waals surface area contributed by atoms with E-state index in [0.29, 0.717) is 41.6 Å². The molecule has 0 bridgehead atoms. The molecule has 10 heteroatoms. The van der Waals surface area contributed by atoms with Crippen molar-refractivity contribution in [2.75, 3.05) is 11.4 Å². The Balaban J connectivity index is 1.45. The van der Waals surface area contributed by atoms with Gasteiger partial charge < -0.3 is 15.0 Å². The fourth-order valence-electron chi connectivity index (χ4n) is 4.92. The molecule has 0 aliphatic carbocycles. The Morgan fingerprint density at radius 1 is 1.05 bits per heavy atom. The molecule has 1 fully saturated rings. The number of nitrogens with zero attached hydrogens (tertiary/aromatic N) is 4. The van der Waals surface area contributed by atoms with Crippen molar-refractivity contribution in [1.82, 2.24) is 19.9 Å². The number of carbonyl (C=O) groups excluding carboxylic acids is 2. The number of hydrogen-bond donors (Lipinski definition) is 1. The SMILES string of the molecule is Cn1c(-c2ccccc2)nc2sc(N3C[C@H](NC(=O)OC(C)(C)C)C[C@@H]3C(=O)CCc3ccccc3)nc2c1=O. The molecule has 5 rings (SSSR count). The Labute approximate surface area is 236 Å². The maximum Gasteiger partial charge on any atom is 0.407 e. The first-order valence-electron chi connectivity index (χ1n) is 13.3. The van der Waals surface area contributed by atoms with Gasteiger partial charge >= 0.3 is 6.09 Å². The molecule has 9 nitrogen and oxygen atoms in total. The fourth-order valence-corrected chi connectivity index (χ4v) is 5.91. The summed E-state index contributed by atoms with van der Waals surface area (Å²) in [4.78, 5) is 51.2. The van der Waals surface area contributed by atoms with Crippen LogP contribution >= 0.6 is 11.3 Å². The van der Waals surface area contributed by atoms with Gasteiger partial charge in [0.1, 0.15) is 11.4 Å². The Morgan fingerprint density at radius 2 is 1.73 bits per heavy atom. The van der Waals surface area contributed by atoms with Crippen LogP contribution < -0.4 is 15.8 Å². The minimum Gasteiger partial charge on any atom is -0.444 e. The smallest absolute Gasteiger partial charge is 0.407 e. The number of aryl methyl sites for hydroxylation is 1. The first-order valence-corrected chi connectivity index (χ1v) is 14.2. The number of ether oxygens (including phenoxy) is 1. The summed E-state index contributed by atoms with van der Waals surface area (Å²) in [5, 5.41) is 3.46. The highest BCUT2D eigenvalue weighted by Crippen LogP contribution is 2.33. The predicted molar refractivity (Wildman–Crippen MR) is 157 cm³/mol. The molecule has 0 saturated carbocycles. The van der Waals surface area contributed by atoms with Gasteiger partial charge in [0.25, 0.3) is 5.56 Å². The number of anilines is 1. The van der Waals surface area contributed by atoms with Gasteiger partial charge in [-0.25, -0.2) is 14.8 Å². The number of fused-ring (bicyclic) bond motifs is 1. The van der Waals surface area contributed by atoms with Crippen LogP contribution in [0.3, 0.4) is 0 Å². The van der Waals surface area contributed by atoms with Gasteiger partial charge in [-0.3, -0.25) is 14.2 Å². The average molecular weight is 560 g/mol. The molecule has 2 aromatic carbocycles. The number of alkyl carbamates (subject to hydrolysis) is 1. The minimum absolute atomic E-state index is 0.0578. The van der Waals surface area contributed by atoms with Gasteiger partial charge in [0.15, 0.2) is 21.3 Å². The van der Waals surface area contributed by atoms with Crippen LogP contribution in [0.15, 0.2) is 65.5 Å². The lowest BCUT2D eigenvalue weighted by Gasteiger charge is -2.23. The van der Waals surface area contributed by atoms with E-state index in [1.165, 1.54) is 15.9 Å². The molecule has 1 aliphatic rings. The second kappa shape index (κ2) is 11.2. The van der Waals surface area contributed by atoms with Gasteiger partial charge in [0, 0.05) is 25.6 Å². The number of rotatable bonds is 7. The van der Waals surface area contributed by atoms with E-state index in [1.54, 1.807) is 7.05 Å². The van der Waals surface area contributed by atoms with Crippen molar-refractivity contribution in [3.63, 3.8) is 0 Å². The van der Waals surface area contributed by atoms with Gasteiger partial charge in [0.05, 0.1) is 12.1 Å². The Kier molecular flexibility index (Phi) is 7.71. The molecule has 3 heterocycles. The van der Waals surface area contributed by atoms with Crippen molar-refractivity contribution in [3.8, 4) is 11.4 Å². The van der Waals surface area contributed by atoms with Crippen LogP contribution in [0, 0.1) is 0 Å². The molecule has 2 aromatic heterocycles. The second-order valence-electron chi connectivity index (χ2n) is 11.0. The van der Waals surface area contributed by atoms with Crippen molar-refractivity contribution in [2.45, 2.75) is 57.7 Å². The summed E-state index contributed by atoms with van der Waals surface area (Å²) in [6.07, 6.45) is 0.871. The zero-order chi connectivity index (χ0) is 28.4. The monoisotopic (exact) mass is 559 g/mol. The van der Waals surface area contributed by atoms with Crippen molar-refractivity contribution in [2.24, 2.45) is 7.05 Å². The number of amides is 1. The predicted octanol–water partition coefficient (Wildman–Crippen LogP) is 4.73. The first kappa shape index (κ1) is 27.5. The van der Waals surface area contributed by atoms with Crippen LogP contribution in [0.5, 0.6) is 0 Å². The normalized spacial score (nSPS) is 17.2. The molecular weight excluding hydrogens is 526 g/mol. The molecule has 2 atom stereocenters. The molecule has 0 spiro atoms. The number of Topliss-reactive ketones (excluding diaryl/α,β-unsaturated/α-hetero) is 1. The maximum atomic E-state index is 13.5. The van der Waals surface area contributed by atoms with E-state index in [0.717, 1.165) is 11.1 Å². The van der Waals surface area contributed by atoms with Crippen molar-refractivity contribution < 1.29 is 14.3 Å². The zero-order valence-corrected chi connectivity index (χ0v) is 23.9. The number of nitrogens with one attached hydrogen (secondary N) is 1. The molecule has 40 heavy (non-hydrogen) atoms. The topological polar surface area (TPSA) is 106 Å². The summed E-state index contributed by atoms with van der Waals surface area (Å²) in [6, 6.07) is 18.6. The third-order valence-electron chi connectivity index (χ3n) is 6.80. The third kappa shape index (κ3) is 6.07. The van der Waals surface area contributed by atoms with Crippen molar-refractivity contribution >= 4 is 38.7 Å². The number of ketones is 1. The molecule has 4 aromatic rings. The first-order chi connectivity index (χ1) is 19.1. The highest BCUT2D eigenvalue weighted by molar-refractivity contribution is 7.21. The van der Waals surface area contributed by atoms with E-state index < -0.39 is 17.7 Å². The Hall–Kier alpha value is -4.05. The molecule has 1 N–H and O–H groups in total. The van der Waals surface area contributed by atoms with Gasteiger partial charge in [-0.15, -0.1) is 0 Å². The van der Waals surface area contributed by atoms with Crippen LogP contribution in [-0.4, -0.2) is 50.6 Å². The summed E-state index contributed by atoms with van der Waals surface area (Å²) >= 11 is 1.29. The maximum absolute atomic E-state index is 13.5. The van der Waals surface area contributed by atoms with Gasteiger partial charge in [-0.1, -0.05) is 72.0 Å². The molecule has 1 aliphatic heterocycles. The summed E-state index contributed by atoms with van der Waals surface area (Å²) in [5.74, 6) is 0.608. The molecule has 208 valence electrons. The highest BCUT2D eigenvalue weighted by Gasteiger charge is 2.39. The summed E-state index contributed by atoms with van der Waals surface area (Å²) in [7, 11) is 1.68. The number of benzene rings is 2. The van der Waals surface area contributed by atoms with Gasteiger partial charge in [0.2, 0.25) is 0 Å². The van der Waals surface area contributed by atoms with E-state index in [9.17, 15) is 14.4 Å². The molecule has 1 amide bonds. The largest absolute Gasteiger partial charge is 0.444 e. The lowest BCUT2D eigenvalue weighted by molar-refractivity contribution is -0.120. The minimum atomic E-state index is -0.636. The van der Waals surface area contributed by atoms with Crippen LogP contribution in [-0.2, 0) is 23.0 Å². The Morgan fingerprint density at radius 3 is 2.40 bits per heavy atom. The number of hydrogen-bond acceptors (Lipinski definition) is 8. The summed E-state index contributed by atoms with van der Waals surface area (Å²) < 4.78 is 6.95. The summed E-state index contributed by atoms with van der Waals surface area (Å²) in [5.41, 5.74) is 1.30. The highest BCUT2D eigenvalue weighted by atomic mass is 32.1. The van der Waals surface area contributed by atoms with Crippen LogP contribution in [0.25, 0.3) is 21.7 Å². The van der Waals surface area contributed by atoms with Crippen molar-refractivity contribution in [1.29, 1.82) is 0 Å². The van der Waals surface area contributed by atoms with Gasteiger partial charge in [-0.05, 0) is 39.2 Å². The van der Waals surface area contributed by atoms with E-state index in [1.807, 2.05) is 86.3 Å². The quantitative estimate of drug-likeness (QED) is 0.349. The molecule has 0 unspecified atom stereocenters. The Bertz CT molecular complexity index is 1580. The standard InChI is InChI=1S/C30H33N5O4S/c1-30(2,3)39-29(38)31-21-17-22(23(36)16-15-19-11-7-5-8-12-19)35(18-21)28-32-24-26(40-28)33-25(34(4)27(24)37)20-13-9-6-10-14-20/h5-14,21-22H,15-18H2,1-4H3,(H,31,38)/t21-,22-/m1/s1. The lowest BCUT2D eigenvalue weighted by atomic mass is 10.0. The van der Waals surface area contributed by atoms with E-state index in [4.69, 9.17) is 9.72 Å². The van der Waals surface area contributed by atoms with E-state index in [2.05, 4.69) is 10.3 Å². The number of aromatic nitrogens is 3. The van der Waals surface area contributed by atoms with Crippen LogP contribution in [0.4, 0.5) is 9.93 Å². The molecule has 0 radical (unpaired) electrons. The van der Waals surface area contributed by atoms with Gasteiger partial charge in [-0.2, -0.15) is 0 Å². The number of carbonyl (C=O) groups is 2. The van der Waals surface area contributed by atoms with E-state index >= 15 is 0 Å². The molecular formula is C30H33N5O4S. The average Bonchev–Trinajstić information content (AvgIpc) is 3.54. The zero-order valence-electron chi connectivity index (χ0n) is 23.1. The second-order valence-corrected chi connectivity index (χ2v) is 12.0. The van der Waals surface area contributed by atoms with Crippen LogP contribution in [0.1, 0.15) is 39.2 Å².